The van der Waals surface area contributed by atoms with E-state index in [9.17, 15) is 4.79 Å². The Hall–Kier alpha value is -1.07. The van der Waals surface area contributed by atoms with Gasteiger partial charge >= 0.3 is 0 Å². The Kier molecular flexibility index (Phi) is 4.02. The van der Waals surface area contributed by atoms with Crippen LogP contribution in [-0.4, -0.2) is 29.4 Å². The average Bonchev–Trinajstić information content (AvgIpc) is 2.82. The first kappa shape index (κ1) is 12.4. The molecule has 6 heteroatoms. The summed E-state index contributed by atoms with van der Waals surface area (Å²) < 4.78 is 11.9. The van der Waals surface area contributed by atoms with Crippen LogP contribution < -0.4 is 10.3 Å². The van der Waals surface area contributed by atoms with Crippen molar-refractivity contribution in [3.05, 3.63) is 21.8 Å². The Morgan fingerprint density at radius 2 is 2.53 bits per heavy atom. The number of nitrogens with zero attached hydrogens (tertiary/aromatic N) is 2. The zero-order chi connectivity index (χ0) is 12.3. The Labute approximate surface area is 104 Å². The van der Waals surface area contributed by atoms with Crippen LogP contribution in [0.15, 0.2) is 11.1 Å². The topological polar surface area (TPSA) is 53.4 Å². The molecule has 0 spiro atoms. The normalized spacial score (nSPS) is 19.5. The van der Waals surface area contributed by atoms with E-state index in [4.69, 9.17) is 21.1 Å². The molecule has 0 aromatic carbocycles. The lowest BCUT2D eigenvalue weighted by Gasteiger charge is -2.11. The molecule has 2 rings (SSSR count). The third kappa shape index (κ3) is 2.79. The molecule has 17 heavy (non-hydrogen) atoms. The van der Waals surface area contributed by atoms with Crippen LogP contribution in [0.4, 0.5) is 0 Å². The zero-order valence-corrected chi connectivity index (χ0v) is 10.4. The molecule has 1 atom stereocenters. The number of methoxy groups -OCH3 is 1. The van der Waals surface area contributed by atoms with Crippen molar-refractivity contribution in [2.75, 3.05) is 13.7 Å². The van der Waals surface area contributed by atoms with Crippen molar-refractivity contribution < 1.29 is 9.47 Å². The lowest BCUT2D eigenvalue weighted by atomic mass is 10.2. The summed E-state index contributed by atoms with van der Waals surface area (Å²) in [5, 5.41) is 0.103. The van der Waals surface area contributed by atoms with Gasteiger partial charge in [-0.3, -0.25) is 9.36 Å². The monoisotopic (exact) mass is 258 g/mol. The Bertz CT molecular complexity index is 441. The molecule has 1 unspecified atom stereocenters. The van der Waals surface area contributed by atoms with Crippen LogP contribution in [0.5, 0.6) is 5.75 Å². The van der Waals surface area contributed by atoms with Gasteiger partial charge in [-0.15, -0.1) is 0 Å². The van der Waals surface area contributed by atoms with Gasteiger partial charge in [0.05, 0.1) is 19.5 Å². The molecule has 5 nitrogen and oxygen atoms in total. The number of halogens is 1. The molecular formula is C11H15ClN2O3. The zero-order valence-electron chi connectivity index (χ0n) is 9.69. The first-order valence-corrected chi connectivity index (χ1v) is 6.00. The third-order valence-electron chi connectivity index (χ3n) is 2.87. The van der Waals surface area contributed by atoms with Gasteiger partial charge in [-0.25, -0.2) is 4.98 Å². The summed E-state index contributed by atoms with van der Waals surface area (Å²) in [6, 6.07) is 0. The molecule has 1 fully saturated rings. The largest absolute Gasteiger partial charge is 0.489 e. The predicted molar refractivity (Wildman–Crippen MR) is 63.7 cm³/mol. The maximum Gasteiger partial charge on any atom is 0.297 e. The van der Waals surface area contributed by atoms with E-state index < -0.39 is 0 Å². The number of hydrogen-bond acceptors (Lipinski definition) is 4. The van der Waals surface area contributed by atoms with Crippen molar-refractivity contribution in [3.63, 3.8) is 0 Å². The van der Waals surface area contributed by atoms with E-state index in [2.05, 4.69) is 4.98 Å². The second kappa shape index (κ2) is 5.51. The van der Waals surface area contributed by atoms with Gasteiger partial charge in [-0.05, 0) is 19.3 Å². The molecule has 1 aliphatic rings. The van der Waals surface area contributed by atoms with E-state index in [-0.39, 0.29) is 22.6 Å². The van der Waals surface area contributed by atoms with Gasteiger partial charge in [0.1, 0.15) is 0 Å². The maximum atomic E-state index is 11.9. The van der Waals surface area contributed by atoms with Crippen molar-refractivity contribution in [1.29, 1.82) is 0 Å². The van der Waals surface area contributed by atoms with Crippen LogP contribution in [-0.2, 0) is 11.3 Å². The van der Waals surface area contributed by atoms with Gasteiger partial charge in [0.25, 0.3) is 5.56 Å². The molecule has 0 aliphatic carbocycles. The van der Waals surface area contributed by atoms with Crippen molar-refractivity contribution >= 4 is 11.6 Å². The quantitative estimate of drug-likeness (QED) is 0.768. The molecule has 1 aromatic heterocycles. The fourth-order valence-corrected chi connectivity index (χ4v) is 2.14. The molecule has 2 heterocycles. The molecule has 1 aliphatic heterocycles. The number of ether oxygens (including phenoxy) is 2. The summed E-state index contributed by atoms with van der Waals surface area (Å²) in [7, 11) is 1.41. The summed E-state index contributed by atoms with van der Waals surface area (Å²) in [5.41, 5.74) is -0.245. The van der Waals surface area contributed by atoms with Gasteiger partial charge in [-0.2, -0.15) is 0 Å². The highest BCUT2D eigenvalue weighted by molar-refractivity contribution is 6.30. The lowest BCUT2D eigenvalue weighted by molar-refractivity contribution is 0.0999. The molecular weight excluding hydrogens is 244 g/mol. The predicted octanol–water partition coefficient (Wildman–Crippen LogP) is 1.47. The number of hydrogen-bond donors (Lipinski definition) is 0. The van der Waals surface area contributed by atoms with Gasteiger partial charge in [0.15, 0.2) is 5.15 Å². The first-order valence-electron chi connectivity index (χ1n) is 5.63. The minimum atomic E-state index is -0.245. The fraction of sp³-hybridized carbons (Fsp3) is 0.636. The standard InChI is InChI=1S/C11H15ClN2O3/c1-16-9-10(12)13-7-14(11(9)15)5-4-8-3-2-6-17-8/h7-8H,2-6H2,1H3. The minimum absolute atomic E-state index is 0.0986. The number of rotatable bonds is 4. The first-order chi connectivity index (χ1) is 8.22. The van der Waals surface area contributed by atoms with Crippen LogP contribution in [0.3, 0.4) is 0 Å². The summed E-state index contributed by atoms with van der Waals surface area (Å²) in [4.78, 5) is 15.8. The average molecular weight is 259 g/mol. The number of aryl methyl sites for hydroxylation is 1. The Balaban J connectivity index is 2.08. The summed E-state index contributed by atoms with van der Waals surface area (Å²) in [6.07, 6.45) is 4.67. The van der Waals surface area contributed by atoms with Crippen LogP contribution >= 0.6 is 11.6 Å². The smallest absolute Gasteiger partial charge is 0.297 e. The van der Waals surface area contributed by atoms with Gasteiger partial charge in [0, 0.05) is 13.2 Å². The van der Waals surface area contributed by atoms with Crippen LogP contribution in [0.25, 0.3) is 0 Å². The summed E-state index contributed by atoms with van der Waals surface area (Å²) >= 11 is 5.75. The van der Waals surface area contributed by atoms with Crippen LogP contribution in [0.1, 0.15) is 19.3 Å². The third-order valence-corrected chi connectivity index (χ3v) is 3.14. The van der Waals surface area contributed by atoms with Gasteiger partial charge < -0.3 is 9.47 Å². The maximum absolute atomic E-state index is 11.9. The van der Waals surface area contributed by atoms with Crippen molar-refractivity contribution in [2.45, 2.75) is 31.9 Å². The number of aromatic nitrogens is 2. The minimum Gasteiger partial charge on any atom is -0.489 e. The highest BCUT2D eigenvalue weighted by Crippen LogP contribution is 2.17. The Morgan fingerprint density at radius 1 is 1.71 bits per heavy atom. The van der Waals surface area contributed by atoms with Crippen molar-refractivity contribution in [1.82, 2.24) is 9.55 Å². The van der Waals surface area contributed by atoms with E-state index >= 15 is 0 Å². The lowest BCUT2D eigenvalue weighted by Crippen LogP contribution is -2.24. The molecule has 0 bridgehead atoms. The van der Waals surface area contributed by atoms with E-state index in [1.54, 1.807) is 0 Å². The van der Waals surface area contributed by atoms with E-state index in [1.807, 2.05) is 0 Å². The highest BCUT2D eigenvalue weighted by Gasteiger charge is 2.16. The highest BCUT2D eigenvalue weighted by atomic mass is 35.5. The van der Waals surface area contributed by atoms with Crippen molar-refractivity contribution in [2.24, 2.45) is 0 Å². The second-order valence-electron chi connectivity index (χ2n) is 3.99. The van der Waals surface area contributed by atoms with Gasteiger partial charge in [0.2, 0.25) is 5.75 Å². The molecule has 0 saturated carbocycles. The van der Waals surface area contributed by atoms with Crippen molar-refractivity contribution in [3.8, 4) is 5.75 Å². The van der Waals surface area contributed by atoms with Crippen LogP contribution in [0, 0.1) is 0 Å². The van der Waals surface area contributed by atoms with E-state index in [0.717, 1.165) is 25.9 Å². The van der Waals surface area contributed by atoms with Gasteiger partial charge in [-0.1, -0.05) is 11.6 Å². The fourth-order valence-electron chi connectivity index (χ4n) is 1.94. The molecule has 1 aromatic rings. The Morgan fingerprint density at radius 3 is 3.18 bits per heavy atom. The second-order valence-corrected chi connectivity index (χ2v) is 4.35. The van der Waals surface area contributed by atoms with Crippen LogP contribution in [0.2, 0.25) is 5.15 Å². The summed E-state index contributed by atoms with van der Waals surface area (Å²) in [5.74, 6) is 0.0986. The molecule has 0 N–H and O–H groups in total. The molecule has 0 radical (unpaired) electrons. The SMILES string of the molecule is COc1c(Cl)ncn(CCC2CCCO2)c1=O. The summed E-state index contributed by atoms with van der Waals surface area (Å²) in [6.45, 7) is 1.39. The molecule has 0 amide bonds. The van der Waals surface area contributed by atoms with E-state index in [0.29, 0.717) is 6.54 Å². The molecule has 94 valence electrons. The molecule has 1 saturated heterocycles. The van der Waals surface area contributed by atoms with E-state index in [1.165, 1.54) is 18.0 Å².